The maximum Gasteiger partial charge on any atom is 0.233 e. The van der Waals surface area contributed by atoms with Gasteiger partial charge >= 0.3 is 0 Å². The number of nitrogens with one attached hydrogen (secondary N) is 2. The summed E-state index contributed by atoms with van der Waals surface area (Å²) in [5.41, 5.74) is 1.71. The molecule has 0 aromatic heterocycles. The minimum atomic E-state index is -0.262. The molecular weight excluding hydrogens is 339 g/mol. The van der Waals surface area contributed by atoms with Gasteiger partial charge in [0, 0.05) is 24.1 Å². The minimum absolute atomic E-state index is 0.0435. The Morgan fingerprint density at radius 3 is 2.32 bits per heavy atom. The summed E-state index contributed by atoms with van der Waals surface area (Å²) in [5.74, 6) is -0.422. The lowest BCUT2D eigenvalue weighted by molar-refractivity contribution is -0.120. The van der Waals surface area contributed by atoms with E-state index in [0.29, 0.717) is 13.0 Å². The van der Waals surface area contributed by atoms with Crippen LogP contribution in [0.2, 0.25) is 0 Å². The van der Waals surface area contributed by atoms with E-state index in [0.717, 1.165) is 16.1 Å². The summed E-state index contributed by atoms with van der Waals surface area (Å²) < 4.78 is 12.8. The van der Waals surface area contributed by atoms with E-state index < -0.39 is 0 Å². The molecule has 0 spiro atoms. The lowest BCUT2D eigenvalue weighted by Crippen LogP contribution is -2.32. The molecule has 1 atom stereocenters. The maximum absolute atomic E-state index is 12.8. The number of anilines is 1. The van der Waals surface area contributed by atoms with Crippen molar-refractivity contribution in [2.75, 3.05) is 11.9 Å². The van der Waals surface area contributed by atoms with Crippen LogP contribution in [0, 0.1) is 5.82 Å². The van der Waals surface area contributed by atoms with Gasteiger partial charge < -0.3 is 10.6 Å². The monoisotopic (exact) mass is 360 g/mol. The van der Waals surface area contributed by atoms with Gasteiger partial charge in [-0.3, -0.25) is 9.59 Å². The molecule has 0 fully saturated rings. The number of halogens is 1. The van der Waals surface area contributed by atoms with E-state index in [1.807, 2.05) is 31.2 Å². The van der Waals surface area contributed by atoms with E-state index in [9.17, 15) is 14.0 Å². The Balaban J connectivity index is 1.77. The zero-order valence-electron chi connectivity index (χ0n) is 14.2. The molecule has 6 heteroatoms. The summed E-state index contributed by atoms with van der Waals surface area (Å²) in [6.45, 7) is 3.82. The van der Waals surface area contributed by atoms with Crippen LogP contribution in [0.25, 0.3) is 0 Å². The molecule has 25 heavy (non-hydrogen) atoms. The Labute approximate surface area is 151 Å². The standard InChI is InChI=1S/C19H21FN2O2S/c1-13(25-18-9-7-17(8-10-18)22-14(2)23)19(24)21-12-11-15-3-5-16(20)6-4-15/h3-10,13H,11-12H2,1-2H3,(H,21,24)(H,22,23)/t13-/m0/s1. The second kappa shape index (κ2) is 9.22. The van der Waals surface area contributed by atoms with Crippen LogP contribution in [0.3, 0.4) is 0 Å². The number of amides is 2. The van der Waals surface area contributed by atoms with Crippen molar-refractivity contribution in [3.63, 3.8) is 0 Å². The number of thioether (sulfide) groups is 1. The summed E-state index contributed by atoms with van der Waals surface area (Å²) in [5, 5.41) is 5.36. The zero-order valence-corrected chi connectivity index (χ0v) is 15.0. The van der Waals surface area contributed by atoms with Crippen LogP contribution >= 0.6 is 11.8 Å². The summed E-state index contributed by atoms with van der Waals surface area (Å²) in [4.78, 5) is 24.1. The normalized spacial score (nSPS) is 11.6. The molecule has 2 amide bonds. The van der Waals surface area contributed by atoms with Crippen molar-refractivity contribution in [1.29, 1.82) is 0 Å². The molecule has 0 aliphatic carbocycles. The van der Waals surface area contributed by atoms with Crippen molar-refractivity contribution in [2.24, 2.45) is 0 Å². The first kappa shape index (κ1) is 19.0. The van der Waals surface area contributed by atoms with Gasteiger partial charge in [-0.25, -0.2) is 4.39 Å². The van der Waals surface area contributed by atoms with Crippen LogP contribution in [0.5, 0.6) is 0 Å². The molecule has 2 rings (SSSR count). The lowest BCUT2D eigenvalue weighted by Gasteiger charge is -2.12. The van der Waals surface area contributed by atoms with Gasteiger partial charge in [0.1, 0.15) is 5.82 Å². The summed E-state index contributed by atoms with van der Waals surface area (Å²) in [6, 6.07) is 13.6. The molecule has 0 aliphatic heterocycles. The molecule has 0 heterocycles. The number of benzene rings is 2. The van der Waals surface area contributed by atoms with Gasteiger partial charge in [-0.05, 0) is 55.3 Å². The highest BCUT2D eigenvalue weighted by atomic mass is 32.2. The van der Waals surface area contributed by atoms with Crippen LogP contribution in [-0.4, -0.2) is 23.6 Å². The van der Waals surface area contributed by atoms with Gasteiger partial charge in [-0.1, -0.05) is 12.1 Å². The van der Waals surface area contributed by atoms with E-state index in [4.69, 9.17) is 0 Å². The van der Waals surface area contributed by atoms with E-state index in [2.05, 4.69) is 10.6 Å². The van der Waals surface area contributed by atoms with Gasteiger partial charge in [0.15, 0.2) is 0 Å². The summed E-state index contributed by atoms with van der Waals surface area (Å²) in [7, 11) is 0. The molecule has 0 unspecified atom stereocenters. The zero-order chi connectivity index (χ0) is 18.2. The third kappa shape index (κ3) is 6.58. The molecule has 132 valence electrons. The largest absolute Gasteiger partial charge is 0.355 e. The number of carbonyl (C=O) groups excluding carboxylic acids is 2. The smallest absolute Gasteiger partial charge is 0.233 e. The Kier molecular flexibility index (Phi) is 7.01. The van der Waals surface area contributed by atoms with Crippen molar-refractivity contribution in [2.45, 2.75) is 30.4 Å². The van der Waals surface area contributed by atoms with Crippen molar-refractivity contribution in [1.82, 2.24) is 5.32 Å². The molecule has 2 N–H and O–H groups in total. The predicted molar refractivity (Wildman–Crippen MR) is 99.2 cm³/mol. The SMILES string of the molecule is CC(=O)Nc1ccc(S[C@@H](C)C(=O)NCCc2ccc(F)cc2)cc1. The number of hydrogen-bond acceptors (Lipinski definition) is 3. The molecule has 4 nitrogen and oxygen atoms in total. The van der Waals surface area contributed by atoms with Gasteiger partial charge in [0.25, 0.3) is 0 Å². The van der Waals surface area contributed by atoms with Gasteiger partial charge in [-0.15, -0.1) is 11.8 Å². The third-order valence-electron chi connectivity index (χ3n) is 3.48. The summed E-state index contributed by atoms with van der Waals surface area (Å²) in [6.07, 6.45) is 0.662. The van der Waals surface area contributed by atoms with E-state index in [1.54, 1.807) is 12.1 Å². The highest BCUT2D eigenvalue weighted by Gasteiger charge is 2.13. The first-order chi connectivity index (χ1) is 11.9. The predicted octanol–water partition coefficient (Wildman–Crippen LogP) is 3.62. The fraction of sp³-hybridized carbons (Fsp3) is 0.263. The van der Waals surface area contributed by atoms with Crippen molar-refractivity contribution < 1.29 is 14.0 Å². The number of rotatable bonds is 7. The average Bonchev–Trinajstić information content (AvgIpc) is 2.58. The Bertz CT molecular complexity index is 717. The second-order valence-electron chi connectivity index (χ2n) is 5.63. The molecule has 0 bridgehead atoms. The Morgan fingerprint density at radius 1 is 1.08 bits per heavy atom. The fourth-order valence-electron chi connectivity index (χ4n) is 2.20. The Hall–Kier alpha value is -2.34. The topological polar surface area (TPSA) is 58.2 Å². The van der Waals surface area contributed by atoms with E-state index in [1.165, 1.54) is 30.8 Å². The molecular formula is C19H21FN2O2S. The molecule has 0 radical (unpaired) electrons. The molecule has 2 aromatic carbocycles. The molecule has 0 aliphatic rings. The average molecular weight is 360 g/mol. The summed E-state index contributed by atoms with van der Waals surface area (Å²) >= 11 is 1.45. The first-order valence-corrected chi connectivity index (χ1v) is 8.88. The molecule has 2 aromatic rings. The quantitative estimate of drug-likeness (QED) is 0.742. The number of hydrogen-bond donors (Lipinski definition) is 2. The minimum Gasteiger partial charge on any atom is -0.355 e. The fourth-order valence-corrected chi connectivity index (χ4v) is 3.09. The second-order valence-corrected chi connectivity index (χ2v) is 7.05. The van der Waals surface area contributed by atoms with Gasteiger partial charge in [0.05, 0.1) is 5.25 Å². The van der Waals surface area contributed by atoms with Gasteiger partial charge in [0.2, 0.25) is 11.8 Å². The Morgan fingerprint density at radius 2 is 1.72 bits per heavy atom. The van der Waals surface area contributed by atoms with Crippen LogP contribution in [0.4, 0.5) is 10.1 Å². The lowest BCUT2D eigenvalue weighted by atomic mass is 10.1. The number of carbonyl (C=O) groups is 2. The van der Waals surface area contributed by atoms with E-state index in [-0.39, 0.29) is 22.9 Å². The van der Waals surface area contributed by atoms with Crippen LogP contribution in [-0.2, 0) is 16.0 Å². The maximum atomic E-state index is 12.8. The first-order valence-electron chi connectivity index (χ1n) is 8.00. The molecule has 0 saturated carbocycles. The van der Waals surface area contributed by atoms with Crippen molar-refractivity contribution >= 4 is 29.3 Å². The van der Waals surface area contributed by atoms with E-state index >= 15 is 0 Å². The highest BCUT2D eigenvalue weighted by Crippen LogP contribution is 2.24. The van der Waals surface area contributed by atoms with Crippen LogP contribution < -0.4 is 10.6 Å². The third-order valence-corrected chi connectivity index (χ3v) is 4.59. The molecule has 0 saturated heterocycles. The van der Waals surface area contributed by atoms with Crippen LogP contribution in [0.1, 0.15) is 19.4 Å². The van der Waals surface area contributed by atoms with Crippen molar-refractivity contribution in [3.8, 4) is 0 Å². The van der Waals surface area contributed by atoms with Crippen molar-refractivity contribution in [3.05, 3.63) is 59.9 Å². The van der Waals surface area contributed by atoms with Crippen LogP contribution in [0.15, 0.2) is 53.4 Å². The highest BCUT2D eigenvalue weighted by molar-refractivity contribution is 8.00. The van der Waals surface area contributed by atoms with Gasteiger partial charge in [-0.2, -0.15) is 0 Å².